The Morgan fingerprint density at radius 1 is 1.32 bits per heavy atom. The number of aromatic nitrogens is 4. The molecule has 0 aliphatic heterocycles. The topological polar surface area (TPSA) is 81.6 Å². The highest BCUT2D eigenvalue weighted by molar-refractivity contribution is 9.10. The molecule has 0 saturated carbocycles. The maximum Gasteiger partial charge on any atom is 0.163 e. The van der Waals surface area contributed by atoms with Gasteiger partial charge < -0.3 is 10.5 Å². The Balaban J connectivity index is 0.00000166. The molecule has 31 heavy (non-hydrogen) atoms. The second kappa shape index (κ2) is 12.5. The van der Waals surface area contributed by atoms with Crippen molar-refractivity contribution in [2.24, 2.45) is 5.73 Å². The zero-order chi connectivity index (χ0) is 22.8. The molecule has 8 heteroatoms. The number of nitrogens with two attached hydrogens (primary N) is 1. The quantitative estimate of drug-likeness (QED) is 0.486. The van der Waals surface area contributed by atoms with Gasteiger partial charge in [0.05, 0.1) is 28.7 Å². The number of likely N-dealkylation sites (N-methyl/N-ethyl adjacent to an activating group) is 1. The first-order valence-electron chi connectivity index (χ1n) is 10.1. The summed E-state index contributed by atoms with van der Waals surface area (Å²) in [5.74, 6) is 0. The van der Waals surface area contributed by atoms with Gasteiger partial charge in [0.25, 0.3) is 0 Å². The second-order valence-electron chi connectivity index (χ2n) is 6.81. The number of methoxy groups -OCH3 is 1. The van der Waals surface area contributed by atoms with Crippen molar-refractivity contribution in [3.05, 3.63) is 58.7 Å². The summed E-state index contributed by atoms with van der Waals surface area (Å²) in [5, 5.41) is 4.48. The van der Waals surface area contributed by atoms with Crippen LogP contribution >= 0.6 is 15.9 Å². The highest BCUT2D eigenvalue weighted by Crippen LogP contribution is 2.27. The van der Waals surface area contributed by atoms with E-state index < -0.39 is 0 Å². The van der Waals surface area contributed by atoms with Crippen molar-refractivity contribution in [3.8, 4) is 11.1 Å². The lowest BCUT2D eigenvalue weighted by atomic mass is 10.1. The number of hydrogen-bond acceptors (Lipinski definition) is 6. The van der Waals surface area contributed by atoms with Gasteiger partial charge in [-0.25, -0.2) is 9.50 Å². The molecule has 3 aromatic heterocycles. The van der Waals surface area contributed by atoms with E-state index in [1.54, 1.807) is 17.7 Å². The SMILES string of the molecule is C=Cc1ncc(-c2cnn3cc(Br)c(CN(C)CCOC)nc23)cc1/C=C\CC.CN. The fourth-order valence-electron chi connectivity index (χ4n) is 3.01. The minimum absolute atomic E-state index is 0.684. The predicted octanol–water partition coefficient (Wildman–Crippen LogP) is 4.27. The van der Waals surface area contributed by atoms with Crippen LogP contribution in [0.5, 0.6) is 0 Å². The number of ether oxygens (including phenoxy) is 1. The lowest BCUT2D eigenvalue weighted by Crippen LogP contribution is -2.23. The van der Waals surface area contributed by atoms with E-state index in [2.05, 4.69) is 75.4 Å². The summed E-state index contributed by atoms with van der Waals surface area (Å²) < 4.78 is 7.88. The Morgan fingerprint density at radius 3 is 2.77 bits per heavy atom. The van der Waals surface area contributed by atoms with Crippen LogP contribution in [0, 0.1) is 0 Å². The monoisotopic (exact) mass is 486 g/mol. The van der Waals surface area contributed by atoms with Crippen molar-refractivity contribution in [3.63, 3.8) is 0 Å². The molecule has 7 nitrogen and oxygen atoms in total. The minimum atomic E-state index is 0.684. The minimum Gasteiger partial charge on any atom is -0.383 e. The summed E-state index contributed by atoms with van der Waals surface area (Å²) in [5.41, 5.74) is 10.1. The van der Waals surface area contributed by atoms with Gasteiger partial charge in [0, 0.05) is 49.3 Å². The summed E-state index contributed by atoms with van der Waals surface area (Å²) in [6.45, 7) is 8.21. The number of hydrogen-bond donors (Lipinski definition) is 1. The third kappa shape index (κ3) is 6.30. The van der Waals surface area contributed by atoms with Crippen LogP contribution in [0.15, 0.2) is 41.8 Å². The van der Waals surface area contributed by atoms with Crippen molar-refractivity contribution in [1.82, 2.24) is 24.5 Å². The number of allylic oxidation sites excluding steroid dienone is 1. The number of rotatable bonds is 9. The van der Waals surface area contributed by atoms with E-state index in [0.29, 0.717) is 13.2 Å². The standard InChI is InChI=1S/C22H26BrN5O.CH5N/c1-5-7-8-16-11-17(12-24-20(16)6-2)18-13-25-28-14-19(23)21(26-22(18)28)15-27(3)9-10-29-4;1-2/h6-8,11-14H,2,5,9-10,15H2,1,3-4H3;2H2,1H3/b8-7-;. The third-order valence-corrected chi connectivity index (χ3v) is 5.27. The van der Waals surface area contributed by atoms with Gasteiger partial charge in [0.15, 0.2) is 5.65 Å². The summed E-state index contributed by atoms with van der Waals surface area (Å²) in [4.78, 5) is 11.6. The molecule has 166 valence electrons. The van der Waals surface area contributed by atoms with Gasteiger partial charge in [-0.1, -0.05) is 25.7 Å². The molecule has 0 aliphatic rings. The Morgan fingerprint density at radius 2 is 2.10 bits per heavy atom. The maximum atomic E-state index is 5.17. The van der Waals surface area contributed by atoms with E-state index in [4.69, 9.17) is 9.72 Å². The smallest absolute Gasteiger partial charge is 0.163 e. The molecule has 0 aromatic carbocycles. The molecule has 0 aliphatic carbocycles. The van der Waals surface area contributed by atoms with E-state index in [9.17, 15) is 0 Å². The van der Waals surface area contributed by atoms with Gasteiger partial charge in [0.1, 0.15) is 0 Å². The molecule has 0 amide bonds. The first-order valence-corrected chi connectivity index (χ1v) is 10.9. The second-order valence-corrected chi connectivity index (χ2v) is 7.66. The van der Waals surface area contributed by atoms with Crippen LogP contribution in [0.25, 0.3) is 28.9 Å². The number of fused-ring (bicyclic) bond motifs is 1. The first-order chi connectivity index (χ1) is 15.1. The molecular formula is C23H31BrN6O. The van der Waals surface area contributed by atoms with E-state index in [1.165, 1.54) is 7.05 Å². The van der Waals surface area contributed by atoms with E-state index in [0.717, 1.165) is 51.2 Å². The molecule has 0 spiro atoms. The largest absolute Gasteiger partial charge is 0.383 e. The molecule has 3 heterocycles. The molecule has 2 N–H and O–H groups in total. The predicted molar refractivity (Wildman–Crippen MR) is 132 cm³/mol. The summed E-state index contributed by atoms with van der Waals surface area (Å²) in [6.07, 6.45) is 12.6. The van der Waals surface area contributed by atoms with Crippen LogP contribution in [0.1, 0.15) is 30.3 Å². The molecule has 0 bridgehead atoms. The van der Waals surface area contributed by atoms with Crippen molar-refractivity contribution in [1.29, 1.82) is 0 Å². The molecule has 0 fully saturated rings. The third-order valence-electron chi connectivity index (χ3n) is 4.61. The zero-order valence-electron chi connectivity index (χ0n) is 18.7. The van der Waals surface area contributed by atoms with Crippen LogP contribution in [0.3, 0.4) is 0 Å². The average molecular weight is 487 g/mol. The van der Waals surface area contributed by atoms with Crippen LogP contribution in [-0.4, -0.2) is 58.8 Å². The van der Waals surface area contributed by atoms with Gasteiger partial charge in [-0.15, -0.1) is 0 Å². The Kier molecular flexibility index (Phi) is 10.00. The molecule has 0 unspecified atom stereocenters. The molecular weight excluding hydrogens is 456 g/mol. The fraction of sp³-hybridized carbons (Fsp3) is 0.348. The summed E-state index contributed by atoms with van der Waals surface area (Å²) in [7, 11) is 5.27. The van der Waals surface area contributed by atoms with E-state index >= 15 is 0 Å². The maximum absolute atomic E-state index is 5.17. The van der Waals surface area contributed by atoms with E-state index in [-0.39, 0.29) is 0 Å². The lowest BCUT2D eigenvalue weighted by molar-refractivity contribution is 0.158. The molecule has 0 radical (unpaired) electrons. The average Bonchev–Trinajstić information content (AvgIpc) is 3.20. The number of pyridine rings is 1. The fourth-order valence-corrected chi connectivity index (χ4v) is 3.42. The van der Waals surface area contributed by atoms with Crippen molar-refractivity contribution >= 4 is 33.7 Å². The zero-order valence-corrected chi connectivity index (χ0v) is 20.3. The molecule has 3 aromatic rings. The summed E-state index contributed by atoms with van der Waals surface area (Å²) in [6, 6.07) is 2.11. The van der Waals surface area contributed by atoms with Crippen molar-refractivity contribution < 1.29 is 4.74 Å². The van der Waals surface area contributed by atoms with Gasteiger partial charge in [-0.2, -0.15) is 5.10 Å². The van der Waals surface area contributed by atoms with Crippen LogP contribution in [-0.2, 0) is 11.3 Å². The first kappa shape index (κ1) is 24.9. The highest BCUT2D eigenvalue weighted by atomic mass is 79.9. The van der Waals surface area contributed by atoms with Gasteiger partial charge in [0.2, 0.25) is 0 Å². The van der Waals surface area contributed by atoms with Crippen LogP contribution < -0.4 is 5.73 Å². The molecule has 0 saturated heterocycles. The van der Waals surface area contributed by atoms with Crippen LogP contribution in [0.2, 0.25) is 0 Å². The van der Waals surface area contributed by atoms with Crippen molar-refractivity contribution in [2.75, 3.05) is 34.4 Å². The number of nitrogens with zero attached hydrogens (tertiary/aromatic N) is 5. The van der Waals surface area contributed by atoms with Gasteiger partial charge in [-0.3, -0.25) is 9.88 Å². The Labute approximate surface area is 192 Å². The summed E-state index contributed by atoms with van der Waals surface area (Å²) >= 11 is 3.62. The molecule has 3 rings (SSSR count). The Hall–Kier alpha value is -2.39. The van der Waals surface area contributed by atoms with Crippen LogP contribution in [0.4, 0.5) is 0 Å². The van der Waals surface area contributed by atoms with Gasteiger partial charge >= 0.3 is 0 Å². The number of halogens is 1. The van der Waals surface area contributed by atoms with E-state index in [1.807, 2.05) is 18.6 Å². The van der Waals surface area contributed by atoms with Gasteiger partial charge in [-0.05, 0) is 48.6 Å². The normalized spacial score (nSPS) is 11.2. The molecule has 0 atom stereocenters. The Bertz CT molecular complexity index is 1030. The highest BCUT2D eigenvalue weighted by Gasteiger charge is 2.14. The van der Waals surface area contributed by atoms with Crippen molar-refractivity contribution in [2.45, 2.75) is 19.9 Å². The lowest BCUT2D eigenvalue weighted by Gasteiger charge is -2.16.